The molecule has 8 heteroatoms. The number of aliphatic hydroxyl groups excluding tert-OH is 2. The number of hydrogen-bond donors (Lipinski definition) is 4. The van der Waals surface area contributed by atoms with Crippen LogP contribution in [0.25, 0.3) is 5.57 Å². The van der Waals surface area contributed by atoms with Gasteiger partial charge in [0, 0.05) is 36.8 Å². The van der Waals surface area contributed by atoms with Crippen LogP contribution in [0.15, 0.2) is 30.3 Å². The zero-order chi connectivity index (χ0) is 31.9. The van der Waals surface area contributed by atoms with Gasteiger partial charge in [0.2, 0.25) is 0 Å². The lowest BCUT2D eigenvalue weighted by Crippen LogP contribution is -2.37. The fourth-order valence-corrected chi connectivity index (χ4v) is 5.94. The van der Waals surface area contributed by atoms with Crippen LogP contribution in [-0.4, -0.2) is 45.5 Å². The molecule has 2 aliphatic carbocycles. The SMILES string of the molecule is CC(C)[C@H](CO)NCc1nc(C2=CCCCCC2)ccc1F.CC(C)[C@H](CO)NCc1nc(C2CCCCCC2)ccc1F. The van der Waals surface area contributed by atoms with Gasteiger partial charge in [-0.05, 0) is 80.2 Å². The summed E-state index contributed by atoms with van der Waals surface area (Å²) in [4.78, 5) is 9.10. The molecule has 0 saturated heterocycles. The average molecular weight is 615 g/mol. The summed E-state index contributed by atoms with van der Waals surface area (Å²) in [6.45, 7) is 8.96. The second-order valence-electron chi connectivity index (χ2n) is 13.1. The molecule has 0 radical (unpaired) electrons. The van der Waals surface area contributed by atoms with E-state index in [-0.39, 0.29) is 36.9 Å². The van der Waals surface area contributed by atoms with Crippen LogP contribution in [0.5, 0.6) is 0 Å². The molecule has 44 heavy (non-hydrogen) atoms. The van der Waals surface area contributed by atoms with Gasteiger partial charge in [-0.3, -0.25) is 4.98 Å². The van der Waals surface area contributed by atoms with Crippen molar-refractivity contribution < 1.29 is 19.0 Å². The molecule has 0 aromatic carbocycles. The summed E-state index contributed by atoms with van der Waals surface area (Å²) in [7, 11) is 0. The van der Waals surface area contributed by atoms with E-state index in [1.54, 1.807) is 12.1 Å². The Kier molecular flexibility index (Phi) is 15.9. The Bertz CT molecular complexity index is 1150. The first-order valence-electron chi connectivity index (χ1n) is 16.9. The first-order chi connectivity index (χ1) is 21.2. The molecule has 0 spiro atoms. The van der Waals surface area contributed by atoms with Crippen molar-refractivity contribution in [1.82, 2.24) is 20.6 Å². The maximum absolute atomic E-state index is 14.0. The summed E-state index contributed by atoms with van der Waals surface area (Å²) >= 11 is 0. The van der Waals surface area contributed by atoms with E-state index < -0.39 is 0 Å². The van der Waals surface area contributed by atoms with Crippen LogP contribution in [0.4, 0.5) is 8.78 Å². The standard InChI is InChI=1S/C18H29FN2O.C18H27FN2O/c2*1-13(2)18(12-22)20-11-17-15(19)9-10-16(21-17)14-7-5-3-4-6-8-14/h9-10,13-14,18,20,22H,3-8,11-12H2,1-2H3;7,9-10,13,18,20,22H,3-6,8,11-12H2,1-2H3/t2*18-/m00/s1. The number of halogens is 2. The maximum atomic E-state index is 14.0. The predicted molar refractivity (Wildman–Crippen MR) is 175 cm³/mol. The van der Waals surface area contributed by atoms with Crippen LogP contribution >= 0.6 is 0 Å². The molecule has 2 atom stereocenters. The topological polar surface area (TPSA) is 90.3 Å². The lowest BCUT2D eigenvalue weighted by Gasteiger charge is -2.20. The van der Waals surface area contributed by atoms with E-state index in [1.807, 2.05) is 33.8 Å². The highest BCUT2D eigenvalue weighted by Crippen LogP contribution is 2.31. The zero-order valence-corrected chi connectivity index (χ0v) is 27.4. The Morgan fingerprint density at radius 2 is 1.27 bits per heavy atom. The molecule has 246 valence electrons. The molecule has 0 unspecified atom stereocenters. The Hall–Kier alpha value is -2.26. The number of nitrogens with one attached hydrogen (secondary N) is 2. The molecule has 4 N–H and O–H groups in total. The molecule has 1 saturated carbocycles. The van der Waals surface area contributed by atoms with Crippen molar-refractivity contribution in [2.45, 2.75) is 129 Å². The number of hydrogen-bond acceptors (Lipinski definition) is 6. The first-order valence-corrected chi connectivity index (χ1v) is 16.9. The smallest absolute Gasteiger partial charge is 0.146 e. The van der Waals surface area contributed by atoms with Crippen molar-refractivity contribution in [3.8, 4) is 0 Å². The van der Waals surface area contributed by atoms with E-state index in [0.29, 0.717) is 42.2 Å². The zero-order valence-electron chi connectivity index (χ0n) is 27.4. The molecule has 2 aromatic rings. The number of pyridine rings is 2. The van der Waals surface area contributed by atoms with Crippen LogP contribution in [0, 0.1) is 23.5 Å². The number of nitrogens with zero attached hydrogens (tertiary/aromatic N) is 2. The third-order valence-electron chi connectivity index (χ3n) is 9.07. The normalized spacial score (nSPS) is 17.8. The van der Waals surface area contributed by atoms with Gasteiger partial charge in [0.1, 0.15) is 11.6 Å². The fraction of sp³-hybridized carbons (Fsp3) is 0.667. The molecule has 2 aromatic heterocycles. The monoisotopic (exact) mass is 614 g/mol. The fourth-order valence-electron chi connectivity index (χ4n) is 5.94. The van der Waals surface area contributed by atoms with E-state index in [9.17, 15) is 19.0 Å². The van der Waals surface area contributed by atoms with Crippen LogP contribution in [0.3, 0.4) is 0 Å². The quantitative estimate of drug-likeness (QED) is 0.186. The summed E-state index contributed by atoms with van der Waals surface area (Å²) < 4.78 is 28.0. The van der Waals surface area contributed by atoms with Crippen molar-refractivity contribution >= 4 is 5.57 Å². The van der Waals surface area contributed by atoms with Gasteiger partial charge in [-0.25, -0.2) is 13.8 Å². The number of allylic oxidation sites excluding steroid dienone is 2. The van der Waals surface area contributed by atoms with Gasteiger partial charge < -0.3 is 20.8 Å². The Balaban J connectivity index is 0.000000240. The predicted octanol–water partition coefficient (Wildman–Crippen LogP) is 7.44. The summed E-state index contributed by atoms with van der Waals surface area (Å²) in [5.74, 6) is 0.524. The highest BCUT2D eigenvalue weighted by molar-refractivity contribution is 5.62. The minimum atomic E-state index is -0.286. The molecular formula is C36H56F2N4O2. The number of aromatic nitrogens is 2. The molecule has 0 aliphatic heterocycles. The molecule has 6 nitrogen and oxygen atoms in total. The molecule has 0 amide bonds. The highest BCUT2D eigenvalue weighted by atomic mass is 19.1. The maximum Gasteiger partial charge on any atom is 0.146 e. The van der Waals surface area contributed by atoms with Gasteiger partial charge in [0.15, 0.2) is 0 Å². The van der Waals surface area contributed by atoms with Gasteiger partial charge in [-0.2, -0.15) is 0 Å². The van der Waals surface area contributed by atoms with E-state index in [0.717, 1.165) is 37.1 Å². The average Bonchev–Trinajstić information content (AvgIpc) is 3.46. The molecule has 2 heterocycles. The van der Waals surface area contributed by atoms with Crippen LogP contribution in [0.1, 0.15) is 127 Å². The van der Waals surface area contributed by atoms with Crippen molar-refractivity contribution in [3.63, 3.8) is 0 Å². The minimum Gasteiger partial charge on any atom is -0.395 e. The summed E-state index contributed by atoms with van der Waals surface area (Å²) in [5.41, 5.74) is 4.07. The largest absolute Gasteiger partial charge is 0.395 e. The van der Waals surface area contributed by atoms with Crippen molar-refractivity contribution in [2.24, 2.45) is 11.8 Å². The van der Waals surface area contributed by atoms with E-state index in [4.69, 9.17) is 0 Å². The summed E-state index contributed by atoms with van der Waals surface area (Å²) in [6.07, 6.45) is 15.4. The van der Waals surface area contributed by atoms with Gasteiger partial charge in [0.05, 0.1) is 30.3 Å². The van der Waals surface area contributed by atoms with Gasteiger partial charge in [-0.15, -0.1) is 0 Å². The molecular weight excluding hydrogens is 558 g/mol. The lowest BCUT2D eigenvalue weighted by molar-refractivity contribution is 0.209. The third-order valence-corrected chi connectivity index (χ3v) is 9.07. The molecule has 4 rings (SSSR count). The molecule has 1 fully saturated rings. The van der Waals surface area contributed by atoms with Gasteiger partial charge in [-0.1, -0.05) is 65.9 Å². The highest BCUT2D eigenvalue weighted by Gasteiger charge is 2.19. The number of aliphatic hydroxyl groups is 2. The Morgan fingerprint density at radius 3 is 1.84 bits per heavy atom. The van der Waals surface area contributed by atoms with Crippen LogP contribution in [-0.2, 0) is 13.1 Å². The Morgan fingerprint density at radius 1 is 0.727 bits per heavy atom. The Labute approximate surface area is 264 Å². The number of rotatable bonds is 12. The second kappa shape index (κ2) is 19.3. The van der Waals surface area contributed by atoms with Crippen molar-refractivity contribution in [1.29, 1.82) is 0 Å². The van der Waals surface area contributed by atoms with Crippen LogP contribution in [0.2, 0.25) is 0 Å². The lowest BCUT2D eigenvalue weighted by atomic mass is 9.96. The van der Waals surface area contributed by atoms with Crippen LogP contribution < -0.4 is 10.6 Å². The summed E-state index contributed by atoms with van der Waals surface area (Å²) in [6, 6.07) is 6.62. The first kappa shape index (κ1) is 36.2. The third kappa shape index (κ3) is 11.6. The minimum absolute atomic E-state index is 0.0252. The van der Waals surface area contributed by atoms with E-state index in [2.05, 4.69) is 26.7 Å². The van der Waals surface area contributed by atoms with Crippen molar-refractivity contribution in [3.05, 3.63) is 64.8 Å². The van der Waals surface area contributed by atoms with Gasteiger partial charge in [0.25, 0.3) is 0 Å². The van der Waals surface area contributed by atoms with Crippen molar-refractivity contribution in [2.75, 3.05) is 13.2 Å². The second-order valence-corrected chi connectivity index (χ2v) is 13.1. The van der Waals surface area contributed by atoms with E-state index >= 15 is 0 Å². The van der Waals surface area contributed by atoms with Gasteiger partial charge >= 0.3 is 0 Å². The van der Waals surface area contributed by atoms with E-state index in [1.165, 1.54) is 56.6 Å². The molecule has 2 aliphatic rings. The molecule has 0 bridgehead atoms. The summed E-state index contributed by atoms with van der Waals surface area (Å²) in [5, 5.41) is 25.1.